The van der Waals surface area contributed by atoms with Gasteiger partial charge in [-0.05, 0) is 48.7 Å². The lowest BCUT2D eigenvalue weighted by Gasteiger charge is -2.12. The standard InChI is InChI=1S/C22H16BrClN2O2.CH4/c1-3-13(14-7-5-4-6-11(14)2)18-19(22(28)26-21(18)27)17-15-10-12(23)8-9-16(15)25-20(17)24;/h3-10,25H,1-2H3,(H,26,27,28);1H4/b13-3+;. The van der Waals surface area contributed by atoms with E-state index in [-0.39, 0.29) is 13.0 Å². The first-order chi connectivity index (χ1) is 13.4. The fourth-order valence-corrected chi connectivity index (χ4v) is 4.30. The van der Waals surface area contributed by atoms with Gasteiger partial charge in [-0.25, -0.2) is 0 Å². The van der Waals surface area contributed by atoms with E-state index < -0.39 is 11.8 Å². The summed E-state index contributed by atoms with van der Waals surface area (Å²) in [4.78, 5) is 28.7. The van der Waals surface area contributed by atoms with Crippen LogP contribution < -0.4 is 5.32 Å². The van der Waals surface area contributed by atoms with Gasteiger partial charge in [0.25, 0.3) is 11.8 Å². The van der Waals surface area contributed by atoms with Gasteiger partial charge in [0.1, 0.15) is 5.15 Å². The summed E-state index contributed by atoms with van der Waals surface area (Å²) in [5, 5.41) is 3.54. The molecular weight excluding hydrogens is 452 g/mol. The van der Waals surface area contributed by atoms with Crippen LogP contribution in [0.1, 0.15) is 31.0 Å². The Labute approximate surface area is 182 Å². The van der Waals surface area contributed by atoms with Crippen molar-refractivity contribution in [3.63, 3.8) is 0 Å². The van der Waals surface area contributed by atoms with Gasteiger partial charge in [-0.1, -0.05) is 65.3 Å². The number of aromatic nitrogens is 1. The molecule has 0 radical (unpaired) electrons. The molecule has 2 N–H and O–H groups in total. The number of aromatic amines is 1. The van der Waals surface area contributed by atoms with E-state index in [0.29, 0.717) is 21.9 Å². The summed E-state index contributed by atoms with van der Waals surface area (Å²) < 4.78 is 0.856. The second-order valence-electron chi connectivity index (χ2n) is 6.55. The molecule has 2 aromatic carbocycles. The van der Waals surface area contributed by atoms with Crippen molar-refractivity contribution in [1.29, 1.82) is 0 Å². The number of allylic oxidation sites excluding steroid dienone is 1. The number of fused-ring (bicyclic) bond motifs is 1. The first-order valence-electron chi connectivity index (χ1n) is 8.72. The van der Waals surface area contributed by atoms with Crippen molar-refractivity contribution < 1.29 is 9.59 Å². The molecule has 0 fully saturated rings. The predicted molar refractivity (Wildman–Crippen MR) is 123 cm³/mol. The number of amides is 2. The Morgan fingerprint density at radius 1 is 1.10 bits per heavy atom. The average Bonchev–Trinajstić information content (AvgIpc) is 3.12. The lowest BCUT2D eigenvalue weighted by Crippen LogP contribution is -2.23. The molecule has 6 heteroatoms. The molecule has 29 heavy (non-hydrogen) atoms. The van der Waals surface area contributed by atoms with Crippen molar-refractivity contribution >= 4 is 61.4 Å². The van der Waals surface area contributed by atoms with Crippen LogP contribution in [0.15, 0.2) is 58.6 Å². The Morgan fingerprint density at radius 2 is 1.83 bits per heavy atom. The number of nitrogens with one attached hydrogen (secondary N) is 2. The number of benzene rings is 2. The van der Waals surface area contributed by atoms with Crippen molar-refractivity contribution in [2.24, 2.45) is 0 Å². The van der Waals surface area contributed by atoms with E-state index in [1.807, 2.05) is 62.4 Å². The number of hydrogen-bond donors (Lipinski definition) is 2. The lowest BCUT2D eigenvalue weighted by molar-refractivity contribution is -0.123. The number of H-pyrrole nitrogens is 1. The average molecular weight is 472 g/mol. The van der Waals surface area contributed by atoms with E-state index in [2.05, 4.69) is 26.2 Å². The SMILES string of the molecule is C.C/C=C(/C1=C(c2c(Cl)[nH]c3ccc(Br)cc23)C(=O)NC1=O)c1ccccc1C. The zero-order valence-electron chi connectivity index (χ0n) is 15.2. The fraction of sp³-hybridized carbons (Fsp3) is 0.130. The molecule has 148 valence electrons. The van der Waals surface area contributed by atoms with Gasteiger partial charge in [-0.15, -0.1) is 0 Å². The van der Waals surface area contributed by atoms with Crippen LogP contribution in [-0.2, 0) is 9.59 Å². The number of carbonyl (C=O) groups excluding carboxylic acids is 2. The third kappa shape index (κ3) is 3.45. The summed E-state index contributed by atoms with van der Waals surface area (Å²) in [6, 6.07) is 13.4. The molecule has 2 heterocycles. The topological polar surface area (TPSA) is 62.0 Å². The van der Waals surface area contributed by atoms with Crippen molar-refractivity contribution in [2.75, 3.05) is 0 Å². The minimum atomic E-state index is -0.448. The summed E-state index contributed by atoms with van der Waals surface area (Å²) in [6.07, 6.45) is 1.86. The van der Waals surface area contributed by atoms with Gasteiger partial charge in [-0.3, -0.25) is 14.9 Å². The summed E-state index contributed by atoms with van der Waals surface area (Å²) in [5.41, 5.74) is 4.57. The number of rotatable bonds is 3. The van der Waals surface area contributed by atoms with Crippen LogP contribution in [0.25, 0.3) is 22.0 Å². The molecule has 1 aliphatic heterocycles. The Kier molecular flexibility index (Phi) is 5.82. The Bertz CT molecular complexity index is 1220. The highest BCUT2D eigenvalue weighted by Crippen LogP contribution is 2.41. The molecular formula is C23H20BrClN2O2. The zero-order chi connectivity index (χ0) is 20.0. The molecule has 3 aromatic rings. The van der Waals surface area contributed by atoms with Crippen LogP contribution in [-0.4, -0.2) is 16.8 Å². The van der Waals surface area contributed by atoms with Crippen LogP contribution >= 0.6 is 27.5 Å². The number of halogens is 2. The van der Waals surface area contributed by atoms with Crippen molar-refractivity contribution in [3.05, 3.63) is 80.4 Å². The summed E-state index contributed by atoms with van der Waals surface area (Å²) >= 11 is 9.95. The van der Waals surface area contributed by atoms with Crippen LogP contribution in [0.4, 0.5) is 0 Å². The first kappa shape index (κ1) is 21.1. The van der Waals surface area contributed by atoms with Crippen LogP contribution in [0.3, 0.4) is 0 Å². The Hall–Kier alpha value is -2.63. The molecule has 2 amide bonds. The predicted octanol–water partition coefficient (Wildman–Crippen LogP) is 6.04. The van der Waals surface area contributed by atoms with Gasteiger partial charge in [0.15, 0.2) is 0 Å². The highest BCUT2D eigenvalue weighted by Gasteiger charge is 2.36. The van der Waals surface area contributed by atoms with E-state index >= 15 is 0 Å². The first-order valence-corrected chi connectivity index (χ1v) is 9.89. The molecule has 4 rings (SSSR count). The number of imide groups is 1. The zero-order valence-corrected chi connectivity index (χ0v) is 17.5. The second-order valence-corrected chi connectivity index (χ2v) is 7.85. The lowest BCUT2D eigenvalue weighted by atomic mass is 9.89. The molecule has 0 aliphatic carbocycles. The third-order valence-electron chi connectivity index (χ3n) is 4.89. The number of aryl methyl sites for hydroxylation is 1. The molecule has 0 saturated heterocycles. The van der Waals surface area contributed by atoms with Crippen LogP contribution in [0, 0.1) is 6.92 Å². The second kappa shape index (κ2) is 8.01. The number of carbonyl (C=O) groups is 2. The quantitative estimate of drug-likeness (QED) is 0.457. The summed E-state index contributed by atoms with van der Waals surface area (Å²) in [6.45, 7) is 3.83. The smallest absolute Gasteiger partial charge is 0.259 e. The molecule has 4 nitrogen and oxygen atoms in total. The normalized spacial score (nSPS) is 14.4. The molecule has 1 aliphatic rings. The molecule has 0 unspecified atom stereocenters. The minimum absolute atomic E-state index is 0. The monoisotopic (exact) mass is 470 g/mol. The Balaban J connectivity index is 0.00000240. The van der Waals surface area contributed by atoms with Crippen molar-refractivity contribution in [2.45, 2.75) is 21.3 Å². The maximum Gasteiger partial charge on any atom is 0.259 e. The van der Waals surface area contributed by atoms with Crippen molar-refractivity contribution in [3.8, 4) is 0 Å². The largest absolute Gasteiger partial charge is 0.345 e. The van der Waals surface area contributed by atoms with Gasteiger partial charge < -0.3 is 4.98 Å². The van der Waals surface area contributed by atoms with Gasteiger partial charge >= 0.3 is 0 Å². The van der Waals surface area contributed by atoms with E-state index in [1.54, 1.807) is 0 Å². The molecule has 0 saturated carbocycles. The molecule has 0 bridgehead atoms. The number of hydrogen-bond acceptors (Lipinski definition) is 2. The molecule has 1 aromatic heterocycles. The fourth-order valence-electron chi connectivity index (χ4n) is 3.64. The van der Waals surface area contributed by atoms with Crippen LogP contribution in [0.5, 0.6) is 0 Å². The van der Waals surface area contributed by atoms with Crippen LogP contribution in [0.2, 0.25) is 5.15 Å². The highest BCUT2D eigenvalue weighted by molar-refractivity contribution is 9.10. The van der Waals surface area contributed by atoms with E-state index in [4.69, 9.17) is 11.6 Å². The summed E-state index contributed by atoms with van der Waals surface area (Å²) in [5.74, 6) is -0.868. The van der Waals surface area contributed by atoms with Gasteiger partial charge in [0.2, 0.25) is 0 Å². The maximum atomic E-state index is 12.8. The van der Waals surface area contributed by atoms with Gasteiger partial charge in [0.05, 0.1) is 11.1 Å². The van der Waals surface area contributed by atoms with E-state index in [0.717, 1.165) is 26.5 Å². The maximum absolute atomic E-state index is 12.8. The highest BCUT2D eigenvalue weighted by atomic mass is 79.9. The van der Waals surface area contributed by atoms with E-state index in [9.17, 15) is 9.59 Å². The van der Waals surface area contributed by atoms with E-state index in [1.165, 1.54) is 0 Å². The van der Waals surface area contributed by atoms with Gasteiger partial charge in [-0.2, -0.15) is 0 Å². The molecule has 0 atom stereocenters. The van der Waals surface area contributed by atoms with Gasteiger partial charge in [0, 0.05) is 20.9 Å². The summed E-state index contributed by atoms with van der Waals surface area (Å²) in [7, 11) is 0. The third-order valence-corrected chi connectivity index (χ3v) is 5.67. The van der Waals surface area contributed by atoms with Crippen molar-refractivity contribution in [1.82, 2.24) is 10.3 Å². The minimum Gasteiger partial charge on any atom is -0.345 e. The molecule has 0 spiro atoms. The Morgan fingerprint density at radius 3 is 2.52 bits per heavy atom.